The van der Waals surface area contributed by atoms with Gasteiger partial charge in [0.25, 0.3) is 0 Å². The minimum absolute atomic E-state index is 0.00207. The maximum absolute atomic E-state index is 12.5. The van der Waals surface area contributed by atoms with Crippen LogP contribution in [0.25, 0.3) is 0 Å². The maximum atomic E-state index is 12.5. The first-order valence-electron chi connectivity index (χ1n) is 7.98. The summed E-state index contributed by atoms with van der Waals surface area (Å²) in [4.78, 5) is 12.5. The lowest BCUT2D eigenvalue weighted by atomic mass is 9.84. The van der Waals surface area contributed by atoms with E-state index in [1.807, 2.05) is 19.9 Å². The van der Waals surface area contributed by atoms with Gasteiger partial charge in [-0.15, -0.1) is 0 Å². The summed E-state index contributed by atoms with van der Waals surface area (Å²) in [5.74, 6) is 1.55. The molecule has 120 valence electrons. The average molecular weight is 323 g/mol. The fraction of sp³-hybridized carbons (Fsp3) is 0.588. The van der Waals surface area contributed by atoms with Crippen LogP contribution in [-0.2, 0) is 4.79 Å². The molecular formula is C17H23ClN2O2. The van der Waals surface area contributed by atoms with Crippen LogP contribution in [0.1, 0.15) is 33.1 Å². The highest BCUT2D eigenvalue weighted by molar-refractivity contribution is 6.32. The monoisotopic (exact) mass is 322 g/mol. The topological polar surface area (TPSA) is 64.3 Å². The highest BCUT2D eigenvalue weighted by Crippen LogP contribution is 2.48. The van der Waals surface area contributed by atoms with Crippen molar-refractivity contribution in [1.82, 2.24) is 0 Å². The predicted octanol–water partition coefficient (Wildman–Crippen LogP) is 3.44. The van der Waals surface area contributed by atoms with Crippen molar-refractivity contribution >= 4 is 23.2 Å². The van der Waals surface area contributed by atoms with Crippen molar-refractivity contribution in [2.75, 3.05) is 5.32 Å². The number of benzene rings is 1. The van der Waals surface area contributed by atoms with Crippen molar-refractivity contribution in [3.63, 3.8) is 0 Å². The molecule has 2 bridgehead atoms. The summed E-state index contributed by atoms with van der Waals surface area (Å²) in [5, 5.41) is 3.47. The standard InChI is InChI=1S/C17H23ClN2O2/c1-9(2)22-14-6-5-12(8-13(14)18)20-17(21)15-10-3-4-11(7-10)16(15)19/h5-6,8-11,15-16H,3-4,7,19H2,1-2H3,(H,20,21). The molecule has 0 spiro atoms. The second kappa shape index (κ2) is 6.09. The Labute approximate surface area is 136 Å². The van der Waals surface area contributed by atoms with Crippen LogP contribution in [0.5, 0.6) is 5.75 Å². The van der Waals surface area contributed by atoms with E-state index in [0.717, 1.165) is 12.8 Å². The molecule has 0 aromatic heterocycles. The molecule has 2 fully saturated rings. The van der Waals surface area contributed by atoms with Gasteiger partial charge in [0.1, 0.15) is 5.75 Å². The number of fused-ring (bicyclic) bond motifs is 2. The Bertz CT molecular complexity index is 574. The Balaban J connectivity index is 1.68. The van der Waals surface area contributed by atoms with Crippen molar-refractivity contribution in [2.45, 2.75) is 45.3 Å². The summed E-state index contributed by atoms with van der Waals surface area (Å²) < 4.78 is 5.60. The van der Waals surface area contributed by atoms with Crippen molar-refractivity contribution < 1.29 is 9.53 Å². The quantitative estimate of drug-likeness (QED) is 0.892. The molecule has 1 aromatic carbocycles. The first-order valence-corrected chi connectivity index (χ1v) is 8.36. The van der Waals surface area contributed by atoms with Gasteiger partial charge in [-0.25, -0.2) is 0 Å². The lowest BCUT2D eigenvalue weighted by Gasteiger charge is -2.27. The number of carbonyl (C=O) groups is 1. The van der Waals surface area contributed by atoms with Crippen LogP contribution in [0, 0.1) is 17.8 Å². The lowest BCUT2D eigenvalue weighted by molar-refractivity contribution is -0.121. The Hall–Kier alpha value is -1.26. The number of ether oxygens (including phenoxy) is 1. The molecule has 3 rings (SSSR count). The van der Waals surface area contributed by atoms with Gasteiger partial charge in [-0.1, -0.05) is 11.6 Å². The van der Waals surface area contributed by atoms with E-state index >= 15 is 0 Å². The average Bonchev–Trinajstić information content (AvgIpc) is 3.02. The molecular weight excluding hydrogens is 300 g/mol. The van der Waals surface area contributed by atoms with Crippen molar-refractivity contribution in [3.8, 4) is 5.75 Å². The van der Waals surface area contributed by atoms with Crippen LogP contribution in [0.3, 0.4) is 0 Å². The summed E-state index contributed by atoms with van der Waals surface area (Å²) in [6.45, 7) is 3.89. The summed E-state index contributed by atoms with van der Waals surface area (Å²) >= 11 is 6.21. The van der Waals surface area contributed by atoms with Crippen LogP contribution < -0.4 is 15.8 Å². The molecule has 0 aliphatic heterocycles. The van der Waals surface area contributed by atoms with E-state index in [1.165, 1.54) is 6.42 Å². The highest BCUT2D eigenvalue weighted by atomic mass is 35.5. The fourth-order valence-corrected chi connectivity index (χ4v) is 4.10. The normalized spacial score (nSPS) is 29.9. The number of hydrogen-bond acceptors (Lipinski definition) is 3. The second-order valence-corrected chi connectivity index (χ2v) is 7.14. The Morgan fingerprint density at radius 1 is 1.36 bits per heavy atom. The summed E-state index contributed by atoms with van der Waals surface area (Å²) in [7, 11) is 0. The minimum atomic E-state index is -0.0656. The van der Waals surface area contributed by atoms with Crippen LogP contribution >= 0.6 is 11.6 Å². The lowest BCUT2D eigenvalue weighted by Crippen LogP contribution is -2.42. The zero-order valence-electron chi connectivity index (χ0n) is 13.0. The van der Waals surface area contributed by atoms with Crippen molar-refractivity contribution in [2.24, 2.45) is 23.5 Å². The van der Waals surface area contributed by atoms with Crippen molar-refractivity contribution in [1.29, 1.82) is 0 Å². The Morgan fingerprint density at radius 2 is 2.09 bits per heavy atom. The molecule has 4 unspecified atom stereocenters. The number of hydrogen-bond donors (Lipinski definition) is 2. The third kappa shape index (κ3) is 2.95. The third-order valence-corrected chi connectivity index (χ3v) is 5.14. The number of nitrogens with one attached hydrogen (secondary N) is 1. The maximum Gasteiger partial charge on any atom is 0.229 e. The van der Waals surface area contributed by atoms with E-state index in [-0.39, 0.29) is 24.0 Å². The van der Waals surface area contributed by atoms with Gasteiger partial charge in [-0.2, -0.15) is 0 Å². The SMILES string of the molecule is CC(C)Oc1ccc(NC(=O)C2C3CCC(C3)C2N)cc1Cl. The molecule has 2 aliphatic rings. The largest absolute Gasteiger partial charge is 0.489 e. The molecule has 1 amide bonds. The molecule has 22 heavy (non-hydrogen) atoms. The van der Waals surface area contributed by atoms with Crippen LogP contribution in [-0.4, -0.2) is 18.1 Å². The summed E-state index contributed by atoms with van der Waals surface area (Å²) in [5.41, 5.74) is 6.92. The number of rotatable bonds is 4. The zero-order valence-corrected chi connectivity index (χ0v) is 13.8. The summed E-state index contributed by atoms with van der Waals surface area (Å²) in [6.07, 6.45) is 3.45. The van der Waals surface area contributed by atoms with Gasteiger partial charge in [0.15, 0.2) is 0 Å². The van der Waals surface area contributed by atoms with Gasteiger partial charge in [-0.05, 0) is 63.1 Å². The molecule has 2 saturated carbocycles. The number of carbonyl (C=O) groups excluding carboxylic acids is 1. The van der Waals surface area contributed by atoms with Gasteiger partial charge in [-0.3, -0.25) is 4.79 Å². The van der Waals surface area contributed by atoms with Gasteiger partial charge in [0.05, 0.1) is 17.0 Å². The number of halogens is 1. The van der Waals surface area contributed by atoms with Gasteiger partial charge in [0.2, 0.25) is 5.91 Å². The molecule has 4 atom stereocenters. The van der Waals surface area contributed by atoms with Gasteiger partial charge in [0, 0.05) is 11.7 Å². The van der Waals surface area contributed by atoms with Crippen LogP contribution in [0.4, 0.5) is 5.69 Å². The van der Waals surface area contributed by atoms with E-state index in [9.17, 15) is 4.79 Å². The number of nitrogens with two attached hydrogens (primary N) is 1. The second-order valence-electron chi connectivity index (χ2n) is 6.74. The third-order valence-electron chi connectivity index (χ3n) is 4.85. The molecule has 4 nitrogen and oxygen atoms in total. The molecule has 0 radical (unpaired) electrons. The Morgan fingerprint density at radius 3 is 2.68 bits per heavy atom. The van der Waals surface area contributed by atoms with E-state index in [1.54, 1.807) is 12.1 Å². The van der Waals surface area contributed by atoms with Crippen molar-refractivity contribution in [3.05, 3.63) is 23.2 Å². The van der Waals surface area contributed by atoms with Crippen LogP contribution in [0.15, 0.2) is 18.2 Å². The van der Waals surface area contributed by atoms with Crippen LogP contribution in [0.2, 0.25) is 5.02 Å². The highest BCUT2D eigenvalue weighted by Gasteiger charge is 2.49. The van der Waals surface area contributed by atoms with E-state index in [4.69, 9.17) is 22.1 Å². The molecule has 0 saturated heterocycles. The Kier molecular flexibility index (Phi) is 4.33. The molecule has 5 heteroatoms. The van der Waals surface area contributed by atoms with E-state index in [2.05, 4.69) is 5.32 Å². The first kappa shape index (κ1) is 15.6. The fourth-order valence-electron chi connectivity index (χ4n) is 3.88. The predicted molar refractivity (Wildman–Crippen MR) is 88.1 cm³/mol. The van der Waals surface area contributed by atoms with Gasteiger partial charge >= 0.3 is 0 Å². The summed E-state index contributed by atoms with van der Waals surface area (Å²) in [6, 6.07) is 5.34. The smallest absolute Gasteiger partial charge is 0.229 e. The number of anilines is 1. The molecule has 1 aromatic rings. The molecule has 2 aliphatic carbocycles. The first-order chi connectivity index (χ1) is 10.5. The zero-order chi connectivity index (χ0) is 15.9. The van der Waals surface area contributed by atoms with Gasteiger partial charge < -0.3 is 15.8 Å². The van der Waals surface area contributed by atoms with E-state index in [0.29, 0.717) is 28.3 Å². The molecule has 0 heterocycles. The number of amides is 1. The van der Waals surface area contributed by atoms with E-state index < -0.39 is 0 Å². The molecule has 3 N–H and O–H groups in total. The minimum Gasteiger partial charge on any atom is -0.489 e.